The van der Waals surface area contributed by atoms with Gasteiger partial charge in [-0.3, -0.25) is 9.63 Å². The van der Waals surface area contributed by atoms with E-state index in [1.807, 2.05) is 34.6 Å². The van der Waals surface area contributed by atoms with Crippen molar-refractivity contribution in [2.45, 2.75) is 40.2 Å². The molecule has 0 aliphatic rings. The summed E-state index contributed by atoms with van der Waals surface area (Å²) in [6, 6.07) is 0. The van der Waals surface area contributed by atoms with Gasteiger partial charge in [0.15, 0.2) is 0 Å². The highest BCUT2D eigenvalue weighted by atomic mass is 16.7. The molecule has 84 valence electrons. The van der Waals surface area contributed by atoms with Crippen LogP contribution in [0.25, 0.3) is 0 Å². The minimum atomic E-state index is -0.396. The average molecular weight is 203 g/mol. The van der Waals surface area contributed by atoms with E-state index in [-0.39, 0.29) is 12.0 Å². The molecule has 0 saturated carbocycles. The third-order valence-electron chi connectivity index (χ3n) is 1.52. The third kappa shape index (κ3) is 5.94. The topological polar surface area (TPSA) is 49.8 Å². The van der Waals surface area contributed by atoms with Crippen LogP contribution in [0, 0.1) is 5.41 Å². The van der Waals surface area contributed by atoms with Crippen LogP contribution >= 0.6 is 0 Å². The first-order valence-electron chi connectivity index (χ1n) is 4.72. The van der Waals surface area contributed by atoms with Gasteiger partial charge in [0.2, 0.25) is 6.41 Å². The van der Waals surface area contributed by atoms with Crippen molar-refractivity contribution >= 4 is 6.41 Å². The van der Waals surface area contributed by atoms with Gasteiger partial charge in [0.05, 0.1) is 12.1 Å². The van der Waals surface area contributed by atoms with E-state index in [2.05, 4.69) is 0 Å². The number of amides is 1. The number of rotatable bonds is 5. The van der Waals surface area contributed by atoms with Gasteiger partial charge in [-0.1, -0.05) is 13.8 Å². The monoisotopic (exact) mass is 203 g/mol. The smallest absolute Gasteiger partial charge is 0.233 e. The lowest BCUT2D eigenvalue weighted by Crippen LogP contribution is -2.40. The first-order valence-corrected chi connectivity index (χ1v) is 4.72. The standard InChI is InChI=1S/C10H21NO3/c1-9(2,3)14-11(8-13)6-10(4,5)7-12/h8,12H,6-7H2,1-5H3. The van der Waals surface area contributed by atoms with E-state index in [0.717, 1.165) is 0 Å². The fourth-order valence-corrected chi connectivity index (χ4v) is 0.915. The molecule has 0 rings (SSSR count). The minimum absolute atomic E-state index is 0.0187. The predicted molar refractivity (Wildman–Crippen MR) is 54.5 cm³/mol. The first kappa shape index (κ1) is 13.4. The van der Waals surface area contributed by atoms with Crippen molar-refractivity contribution < 1.29 is 14.7 Å². The van der Waals surface area contributed by atoms with E-state index >= 15 is 0 Å². The summed E-state index contributed by atoms with van der Waals surface area (Å²) in [7, 11) is 0. The summed E-state index contributed by atoms with van der Waals surface area (Å²) in [6.45, 7) is 9.75. The number of carbonyl (C=O) groups excluding carboxylic acids is 1. The molecule has 0 fully saturated rings. The molecule has 0 heterocycles. The highest BCUT2D eigenvalue weighted by Crippen LogP contribution is 2.18. The van der Waals surface area contributed by atoms with Crippen molar-refractivity contribution in [2.75, 3.05) is 13.2 Å². The minimum Gasteiger partial charge on any atom is -0.396 e. The Labute approximate surface area is 85.8 Å². The molecule has 14 heavy (non-hydrogen) atoms. The Morgan fingerprint density at radius 3 is 2.07 bits per heavy atom. The summed E-state index contributed by atoms with van der Waals surface area (Å²) < 4.78 is 0. The molecule has 0 saturated heterocycles. The molecule has 0 radical (unpaired) electrons. The highest BCUT2D eigenvalue weighted by Gasteiger charge is 2.24. The van der Waals surface area contributed by atoms with Gasteiger partial charge >= 0.3 is 0 Å². The Bertz CT molecular complexity index is 184. The Morgan fingerprint density at radius 1 is 1.29 bits per heavy atom. The molecule has 0 aromatic carbocycles. The van der Waals surface area contributed by atoms with E-state index in [0.29, 0.717) is 13.0 Å². The molecule has 4 nitrogen and oxygen atoms in total. The molecule has 0 aliphatic heterocycles. The predicted octanol–water partition coefficient (Wildman–Crippen LogP) is 1.19. The van der Waals surface area contributed by atoms with E-state index in [1.54, 1.807) is 0 Å². The van der Waals surface area contributed by atoms with Crippen molar-refractivity contribution in [3.63, 3.8) is 0 Å². The zero-order valence-corrected chi connectivity index (χ0v) is 9.70. The third-order valence-corrected chi connectivity index (χ3v) is 1.52. The van der Waals surface area contributed by atoms with Crippen LogP contribution in [0.15, 0.2) is 0 Å². The average Bonchev–Trinajstić information content (AvgIpc) is 2.00. The second-order valence-electron chi connectivity index (χ2n) is 5.21. The Balaban J connectivity index is 4.24. The molecule has 0 aromatic rings. The van der Waals surface area contributed by atoms with Crippen molar-refractivity contribution in [1.29, 1.82) is 0 Å². The van der Waals surface area contributed by atoms with Crippen molar-refractivity contribution in [2.24, 2.45) is 5.41 Å². The fraction of sp³-hybridized carbons (Fsp3) is 0.900. The van der Waals surface area contributed by atoms with Gasteiger partial charge in [-0.25, -0.2) is 5.06 Å². The van der Waals surface area contributed by atoms with Gasteiger partial charge in [0, 0.05) is 12.0 Å². The van der Waals surface area contributed by atoms with Crippen LogP contribution in [-0.4, -0.2) is 35.3 Å². The van der Waals surface area contributed by atoms with Crippen molar-refractivity contribution in [3.05, 3.63) is 0 Å². The molecule has 0 bridgehead atoms. The Morgan fingerprint density at radius 2 is 1.79 bits per heavy atom. The van der Waals surface area contributed by atoms with Gasteiger partial charge in [-0.2, -0.15) is 0 Å². The summed E-state index contributed by atoms with van der Waals surface area (Å²) in [5.41, 5.74) is -0.737. The molecular formula is C10H21NO3. The molecule has 0 aliphatic carbocycles. The molecule has 0 unspecified atom stereocenters. The zero-order valence-electron chi connectivity index (χ0n) is 9.70. The van der Waals surface area contributed by atoms with E-state index in [4.69, 9.17) is 9.94 Å². The van der Waals surface area contributed by atoms with Gasteiger partial charge in [0.1, 0.15) is 0 Å². The van der Waals surface area contributed by atoms with Gasteiger partial charge in [-0.05, 0) is 20.8 Å². The largest absolute Gasteiger partial charge is 0.396 e. The summed E-state index contributed by atoms with van der Waals surface area (Å²) in [5.74, 6) is 0. The molecule has 1 amide bonds. The number of nitrogens with zero attached hydrogens (tertiary/aromatic N) is 1. The van der Waals surface area contributed by atoms with Crippen LogP contribution < -0.4 is 0 Å². The number of aliphatic hydroxyl groups is 1. The summed E-state index contributed by atoms with van der Waals surface area (Å²) in [6.07, 6.45) is 0.642. The van der Waals surface area contributed by atoms with Crippen LogP contribution in [0.3, 0.4) is 0 Å². The molecule has 0 aromatic heterocycles. The number of hydrogen-bond donors (Lipinski definition) is 1. The van der Waals surface area contributed by atoms with Gasteiger partial charge in [-0.15, -0.1) is 0 Å². The maximum absolute atomic E-state index is 10.7. The second kappa shape index (κ2) is 4.75. The van der Waals surface area contributed by atoms with Crippen LogP contribution in [0.5, 0.6) is 0 Å². The van der Waals surface area contributed by atoms with E-state index in [9.17, 15) is 4.79 Å². The SMILES string of the molecule is CC(C)(CO)CN(C=O)OC(C)(C)C. The van der Waals surface area contributed by atoms with Crippen LogP contribution in [0.2, 0.25) is 0 Å². The van der Waals surface area contributed by atoms with E-state index < -0.39 is 5.60 Å². The molecule has 1 N–H and O–H groups in total. The molecule has 0 spiro atoms. The summed E-state index contributed by atoms with van der Waals surface area (Å²) in [5, 5.41) is 10.3. The Kier molecular flexibility index (Phi) is 4.55. The molecule has 0 atom stereocenters. The lowest BCUT2D eigenvalue weighted by atomic mass is 9.95. The summed E-state index contributed by atoms with van der Waals surface area (Å²) >= 11 is 0. The lowest BCUT2D eigenvalue weighted by molar-refractivity contribution is -0.225. The zero-order chi connectivity index (χ0) is 11.4. The van der Waals surface area contributed by atoms with Crippen LogP contribution in [-0.2, 0) is 9.63 Å². The van der Waals surface area contributed by atoms with E-state index in [1.165, 1.54) is 5.06 Å². The number of hydroxylamine groups is 2. The summed E-state index contributed by atoms with van der Waals surface area (Å²) in [4.78, 5) is 16.1. The second-order valence-corrected chi connectivity index (χ2v) is 5.21. The maximum atomic E-state index is 10.7. The highest BCUT2D eigenvalue weighted by molar-refractivity contribution is 5.45. The lowest BCUT2D eigenvalue weighted by Gasteiger charge is -2.32. The first-order chi connectivity index (χ1) is 6.20. The quantitative estimate of drug-likeness (QED) is 0.539. The van der Waals surface area contributed by atoms with Crippen molar-refractivity contribution in [1.82, 2.24) is 5.06 Å². The van der Waals surface area contributed by atoms with Gasteiger partial charge < -0.3 is 5.11 Å². The van der Waals surface area contributed by atoms with Gasteiger partial charge in [0.25, 0.3) is 0 Å². The van der Waals surface area contributed by atoms with Crippen LogP contribution in [0.4, 0.5) is 0 Å². The fourth-order valence-electron chi connectivity index (χ4n) is 0.915. The van der Waals surface area contributed by atoms with Crippen LogP contribution in [0.1, 0.15) is 34.6 Å². The number of carbonyl (C=O) groups is 1. The Hall–Kier alpha value is -0.610. The number of hydrogen-bond acceptors (Lipinski definition) is 3. The normalized spacial score (nSPS) is 12.7. The molecular weight excluding hydrogens is 182 g/mol. The van der Waals surface area contributed by atoms with Crippen molar-refractivity contribution in [3.8, 4) is 0 Å². The maximum Gasteiger partial charge on any atom is 0.233 e. The molecule has 4 heteroatoms. The number of aliphatic hydroxyl groups excluding tert-OH is 1.